The summed E-state index contributed by atoms with van der Waals surface area (Å²) in [7, 11) is 0. The van der Waals surface area contributed by atoms with Crippen molar-refractivity contribution < 1.29 is 14.3 Å². The molecule has 20 heavy (non-hydrogen) atoms. The van der Waals surface area contributed by atoms with Gasteiger partial charge in [-0.15, -0.1) is 0 Å². The third-order valence-corrected chi connectivity index (χ3v) is 3.63. The van der Waals surface area contributed by atoms with Gasteiger partial charge >= 0.3 is 0 Å². The van der Waals surface area contributed by atoms with E-state index in [9.17, 15) is 9.59 Å². The molecular formula is C14H12N2O3S. The molecule has 1 aromatic carbocycles. The number of amides is 2. The van der Waals surface area contributed by atoms with Gasteiger partial charge in [-0.1, -0.05) is 0 Å². The highest BCUT2D eigenvalue weighted by molar-refractivity contribution is 7.08. The fraction of sp³-hybridized carbons (Fsp3) is 0.143. The van der Waals surface area contributed by atoms with Gasteiger partial charge in [-0.25, -0.2) is 0 Å². The minimum Gasteiger partial charge on any atom is -0.479 e. The highest BCUT2D eigenvalue weighted by atomic mass is 32.1. The van der Waals surface area contributed by atoms with E-state index < -0.39 is 6.10 Å². The van der Waals surface area contributed by atoms with Crippen LogP contribution in [0.15, 0.2) is 35.0 Å². The molecule has 2 N–H and O–H groups in total. The molecule has 6 heteroatoms. The Morgan fingerprint density at radius 1 is 1.40 bits per heavy atom. The van der Waals surface area contributed by atoms with Gasteiger partial charge in [0.05, 0.1) is 11.3 Å². The van der Waals surface area contributed by atoms with E-state index >= 15 is 0 Å². The number of ether oxygens (including phenoxy) is 1. The molecule has 2 amide bonds. The maximum atomic E-state index is 11.9. The molecule has 1 atom stereocenters. The Hall–Kier alpha value is -2.34. The van der Waals surface area contributed by atoms with Crippen LogP contribution in [0.3, 0.4) is 0 Å². The minimum absolute atomic E-state index is 0.178. The molecule has 2 heterocycles. The quantitative estimate of drug-likeness (QED) is 0.893. The number of thiophene rings is 1. The van der Waals surface area contributed by atoms with Crippen LogP contribution in [0.2, 0.25) is 0 Å². The van der Waals surface area contributed by atoms with Crippen molar-refractivity contribution in [3.8, 4) is 5.75 Å². The average molecular weight is 288 g/mol. The first-order chi connectivity index (χ1) is 9.63. The van der Waals surface area contributed by atoms with Gasteiger partial charge in [-0.2, -0.15) is 11.3 Å². The van der Waals surface area contributed by atoms with Crippen molar-refractivity contribution in [1.82, 2.24) is 0 Å². The van der Waals surface area contributed by atoms with Gasteiger partial charge in [0.25, 0.3) is 11.8 Å². The number of rotatable bonds is 2. The Labute approximate surface area is 119 Å². The third-order valence-electron chi connectivity index (χ3n) is 2.95. The van der Waals surface area contributed by atoms with Gasteiger partial charge in [-0.05, 0) is 36.6 Å². The molecule has 0 spiro atoms. The lowest BCUT2D eigenvalue weighted by Gasteiger charge is -2.23. The van der Waals surface area contributed by atoms with E-state index in [1.807, 2.05) is 5.38 Å². The topological polar surface area (TPSA) is 67.4 Å². The molecule has 3 rings (SSSR count). The normalized spacial score (nSPS) is 16.9. The second kappa shape index (κ2) is 4.97. The van der Waals surface area contributed by atoms with Gasteiger partial charge in [0.15, 0.2) is 6.10 Å². The molecule has 1 aliphatic rings. The average Bonchev–Trinajstić information content (AvgIpc) is 2.94. The van der Waals surface area contributed by atoms with Gasteiger partial charge in [-0.3, -0.25) is 9.59 Å². The Balaban J connectivity index is 1.81. The van der Waals surface area contributed by atoms with Crippen LogP contribution >= 0.6 is 11.3 Å². The summed E-state index contributed by atoms with van der Waals surface area (Å²) in [5.41, 5.74) is 1.79. The zero-order chi connectivity index (χ0) is 14.1. The number of hydrogen-bond acceptors (Lipinski definition) is 4. The van der Waals surface area contributed by atoms with Crippen LogP contribution in [-0.2, 0) is 4.79 Å². The summed E-state index contributed by atoms with van der Waals surface area (Å²) in [6.45, 7) is 1.69. The molecule has 0 aliphatic carbocycles. The number of carbonyl (C=O) groups is 2. The molecule has 5 nitrogen and oxygen atoms in total. The zero-order valence-corrected chi connectivity index (χ0v) is 11.5. The molecule has 0 radical (unpaired) electrons. The summed E-state index contributed by atoms with van der Waals surface area (Å²) < 4.78 is 5.45. The van der Waals surface area contributed by atoms with Gasteiger partial charge in [0.1, 0.15) is 5.75 Å². The van der Waals surface area contributed by atoms with E-state index in [1.165, 1.54) is 11.3 Å². The highest BCUT2D eigenvalue weighted by Gasteiger charge is 2.23. The summed E-state index contributed by atoms with van der Waals surface area (Å²) in [5.74, 6) is 0.229. The largest absolute Gasteiger partial charge is 0.479 e. The van der Waals surface area contributed by atoms with Crippen LogP contribution in [0.1, 0.15) is 17.3 Å². The molecule has 2 aromatic rings. The Morgan fingerprint density at radius 2 is 2.25 bits per heavy atom. The molecular weight excluding hydrogens is 276 g/mol. The molecule has 0 fully saturated rings. The maximum absolute atomic E-state index is 11.9. The second-order valence-electron chi connectivity index (χ2n) is 4.43. The van der Waals surface area contributed by atoms with E-state index in [4.69, 9.17) is 4.74 Å². The minimum atomic E-state index is -0.506. The Bertz CT molecular complexity index is 667. The van der Waals surface area contributed by atoms with Crippen molar-refractivity contribution in [3.63, 3.8) is 0 Å². The van der Waals surface area contributed by atoms with Crippen molar-refractivity contribution in [3.05, 3.63) is 40.6 Å². The lowest BCUT2D eigenvalue weighted by Crippen LogP contribution is -2.34. The van der Waals surface area contributed by atoms with Gasteiger partial charge in [0.2, 0.25) is 0 Å². The van der Waals surface area contributed by atoms with Crippen LogP contribution in [0.4, 0.5) is 11.4 Å². The Kier molecular flexibility index (Phi) is 3.15. The molecule has 0 bridgehead atoms. The van der Waals surface area contributed by atoms with E-state index in [1.54, 1.807) is 36.6 Å². The summed E-state index contributed by atoms with van der Waals surface area (Å²) in [6, 6.07) is 6.91. The first-order valence-corrected chi connectivity index (χ1v) is 7.03. The first kappa shape index (κ1) is 12.7. The van der Waals surface area contributed by atoms with Crippen molar-refractivity contribution >= 4 is 34.5 Å². The smallest absolute Gasteiger partial charge is 0.265 e. The maximum Gasteiger partial charge on any atom is 0.265 e. The predicted molar refractivity (Wildman–Crippen MR) is 77.4 cm³/mol. The van der Waals surface area contributed by atoms with Crippen molar-refractivity contribution in [2.75, 3.05) is 10.6 Å². The highest BCUT2D eigenvalue weighted by Crippen LogP contribution is 2.32. The summed E-state index contributed by atoms with van der Waals surface area (Å²) in [4.78, 5) is 23.5. The molecule has 0 saturated carbocycles. The van der Waals surface area contributed by atoms with E-state index in [-0.39, 0.29) is 11.8 Å². The lowest BCUT2D eigenvalue weighted by molar-refractivity contribution is -0.122. The van der Waals surface area contributed by atoms with Crippen LogP contribution in [-0.4, -0.2) is 17.9 Å². The number of hydrogen-bond donors (Lipinski definition) is 2. The fourth-order valence-electron chi connectivity index (χ4n) is 1.88. The van der Waals surface area contributed by atoms with E-state index in [0.717, 1.165) is 0 Å². The first-order valence-electron chi connectivity index (χ1n) is 6.08. The number of benzene rings is 1. The summed E-state index contributed by atoms with van der Waals surface area (Å²) >= 11 is 1.46. The zero-order valence-electron chi connectivity index (χ0n) is 10.7. The predicted octanol–water partition coefficient (Wildman–Crippen LogP) is 2.72. The molecule has 102 valence electrons. The monoisotopic (exact) mass is 288 g/mol. The standard InChI is InChI=1S/C14H12N2O3S/c1-8-13(17)16-11-6-10(2-3-12(11)19-8)15-14(18)9-4-5-20-7-9/h2-8H,1H3,(H,15,18)(H,16,17)/t8-/m0/s1. The van der Waals surface area contributed by atoms with Crippen LogP contribution in [0, 0.1) is 0 Å². The fourth-order valence-corrected chi connectivity index (χ4v) is 2.52. The molecule has 1 aliphatic heterocycles. The van der Waals surface area contributed by atoms with Crippen LogP contribution in [0.25, 0.3) is 0 Å². The van der Waals surface area contributed by atoms with Crippen molar-refractivity contribution in [2.24, 2.45) is 0 Å². The number of carbonyl (C=O) groups excluding carboxylic acids is 2. The van der Waals surface area contributed by atoms with Crippen LogP contribution < -0.4 is 15.4 Å². The van der Waals surface area contributed by atoms with Gasteiger partial charge in [0, 0.05) is 11.1 Å². The van der Waals surface area contributed by atoms with E-state index in [0.29, 0.717) is 22.7 Å². The summed E-state index contributed by atoms with van der Waals surface area (Å²) in [5, 5.41) is 9.15. The number of anilines is 2. The van der Waals surface area contributed by atoms with Gasteiger partial charge < -0.3 is 15.4 Å². The van der Waals surface area contributed by atoms with Crippen LogP contribution in [0.5, 0.6) is 5.75 Å². The SMILES string of the molecule is C[C@@H]1Oc2ccc(NC(=O)c3ccsc3)cc2NC1=O. The number of nitrogens with one attached hydrogen (secondary N) is 2. The lowest BCUT2D eigenvalue weighted by atomic mass is 10.2. The molecule has 0 saturated heterocycles. The Morgan fingerprint density at radius 3 is 3.00 bits per heavy atom. The van der Waals surface area contributed by atoms with Crippen molar-refractivity contribution in [1.29, 1.82) is 0 Å². The van der Waals surface area contributed by atoms with Crippen molar-refractivity contribution in [2.45, 2.75) is 13.0 Å². The third kappa shape index (κ3) is 2.37. The second-order valence-corrected chi connectivity index (χ2v) is 5.21. The molecule has 0 unspecified atom stereocenters. The van der Waals surface area contributed by atoms with E-state index in [2.05, 4.69) is 10.6 Å². The number of fused-ring (bicyclic) bond motifs is 1. The summed E-state index contributed by atoms with van der Waals surface area (Å²) in [6.07, 6.45) is -0.506. The molecule has 1 aromatic heterocycles.